The second-order valence-corrected chi connectivity index (χ2v) is 5.42. The Morgan fingerprint density at radius 2 is 1.76 bits per heavy atom. The van der Waals surface area contributed by atoms with Crippen LogP contribution in [-0.4, -0.2) is 17.3 Å². The zero-order valence-electron chi connectivity index (χ0n) is 11.6. The molecule has 0 bridgehead atoms. The number of hydrogen-bond donors (Lipinski definition) is 1. The Hall–Kier alpha value is -1.82. The van der Waals surface area contributed by atoms with Gasteiger partial charge in [-0.3, -0.25) is 5.10 Å². The van der Waals surface area contributed by atoms with Crippen molar-refractivity contribution in [1.29, 1.82) is 0 Å². The van der Waals surface area contributed by atoms with Crippen LogP contribution in [0.1, 0.15) is 5.56 Å². The normalized spacial score (nSPS) is 10.6. The first-order valence-corrected chi connectivity index (χ1v) is 8.19. The molecule has 0 aliphatic carbocycles. The van der Waals surface area contributed by atoms with Gasteiger partial charge in [-0.05, 0) is 23.8 Å². The fourth-order valence-electron chi connectivity index (χ4n) is 2.35. The van der Waals surface area contributed by atoms with E-state index in [4.69, 9.17) is 4.74 Å². The predicted molar refractivity (Wildman–Crippen MR) is 93.7 cm³/mol. The molecule has 0 atom stereocenters. The molecule has 3 nitrogen and oxygen atoms in total. The molecule has 106 valence electrons. The number of halogens is 1. The molecule has 0 unspecified atom stereocenters. The molecule has 4 heteroatoms. The van der Waals surface area contributed by atoms with Gasteiger partial charge in [0.1, 0.15) is 5.75 Å². The number of H-pyrrole nitrogens is 1. The summed E-state index contributed by atoms with van der Waals surface area (Å²) < 4.78 is 6.37. The zero-order valence-corrected chi connectivity index (χ0v) is 13.8. The third-order valence-electron chi connectivity index (χ3n) is 3.41. The summed E-state index contributed by atoms with van der Waals surface area (Å²) in [4.78, 5) is 0. The van der Waals surface area contributed by atoms with Crippen LogP contribution in [0, 0.1) is 0 Å². The van der Waals surface area contributed by atoms with Gasteiger partial charge in [-0.1, -0.05) is 59.0 Å². The van der Waals surface area contributed by atoms with E-state index in [-0.39, 0.29) is 0 Å². The number of ether oxygens (including phenoxy) is 1. The van der Waals surface area contributed by atoms with Gasteiger partial charge < -0.3 is 4.74 Å². The highest BCUT2D eigenvalue weighted by Gasteiger charge is 2.11. The molecular formula is C17H15IN2O. The largest absolute Gasteiger partial charge is 0.496 e. The minimum absolute atomic E-state index is 0.831. The molecule has 21 heavy (non-hydrogen) atoms. The number of nitrogens with one attached hydrogen (secondary N) is 1. The van der Waals surface area contributed by atoms with Gasteiger partial charge in [-0.15, -0.1) is 0 Å². The Labute approximate surface area is 137 Å². The quantitative estimate of drug-likeness (QED) is 0.519. The van der Waals surface area contributed by atoms with Crippen LogP contribution >= 0.6 is 22.6 Å². The maximum Gasteiger partial charge on any atom is 0.128 e. The van der Waals surface area contributed by atoms with Crippen molar-refractivity contribution >= 4 is 22.6 Å². The smallest absolute Gasteiger partial charge is 0.128 e. The molecule has 2 aromatic carbocycles. The number of para-hydroxylation sites is 1. The van der Waals surface area contributed by atoms with Crippen LogP contribution in [0.5, 0.6) is 5.75 Å². The van der Waals surface area contributed by atoms with E-state index < -0.39 is 0 Å². The first kappa shape index (κ1) is 14.1. The van der Waals surface area contributed by atoms with Gasteiger partial charge in [0.05, 0.1) is 18.5 Å². The molecule has 0 aliphatic heterocycles. The van der Waals surface area contributed by atoms with Crippen LogP contribution in [0.4, 0.5) is 0 Å². The monoisotopic (exact) mass is 390 g/mol. The van der Waals surface area contributed by atoms with Gasteiger partial charge >= 0.3 is 0 Å². The van der Waals surface area contributed by atoms with Gasteiger partial charge in [0.2, 0.25) is 0 Å². The summed E-state index contributed by atoms with van der Waals surface area (Å²) in [6.45, 7) is 0. The van der Waals surface area contributed by atoms with Gasteiger partial charge in [-0.2, -0.15) is 5.10 Å². The van der Waals surface area contributed by atoms with Crippen LogP contribution in [0.15, 0.2) is 54.6 Å². The topological polar surface area (TPSA) is 37.9 Å². The molecule has 1 N–H and O–H groups in total. The summed E-state index contributed by atoms with van der Waals surface area (Å²) in [6.07, 6.45) is 0. The van der Waals surface area contributed by atoms with E-state index in [1.807, 2.05) is 24.3 Å². The van der Waals surface area contributed by atoms with E-state index in [0.29, 0.717) is 0 Å². The Bertz CT molecular complexity index is 690. The number of aromatic amines is 1. The summed E-state index contributed by atoms with van der Waals surface area (Å²) in [5.41, 5.74) is 5.41. The molecule has 3 aromatic rings. The Morgan fingerprint density at radius 3 is 2.52 bits per heavy atom. The average Bonchev–Trinajstić information content (AvgIpc) is 3.04. The maximum absolute atomic E-state index is 5.40. The molecule has 0 aliphatic rings. The Kier molecular flexibility index (Phi) is 4.24. The van der Waals surface area contributed by atoms with Crippen LogP contribution in [0.3, 0.4) is 0 Å². The molecule has 3 rings (SSSR count). The summed E-state index contributed by atoms with van der Waals surface area (Å²) in [5, 5.41) is 7.58. The van der Waals surface area contributed by atoms with Crippen LogP contribution in [0.2, 0.25) is 0 Å². The molecule has 0 saturated heterocycles. The molecule has 0 amide bonds. The lowest BCUT2D eigenvalue weighted by molar-refractivity contribution is 0.416. The fourth-order valence-corrected chi connectivity index (χ4v) is 3.02. The maximum atomic E-state index is 5.40. The number of hydrogen-bond acceptors (Lipinski definition) is 2. The third kappa shape index (κ3) is 2.81. The minimum atomic E-state index is 0.831. The minimum Gasteiger partial charge on any atom is -0.496 e. The molecule has 1 heterocycles. The molecule has 0 fully saturated rings. The SMILES string of the molecule is COc1ccccc1-c1cc(-c2ccccc2CI)[nH]n1. The van der Waals surface area contributed by atoms with Crippen molar-refractivity contribution in [2.24, 2.45) is 0 Å². The molecular weight excluding hydrogens is 375 g/mol. The summed E-state index contributed by atoms with van der Waals surface area (Å²) in [5.74, 6) is 0.831. The van der Waals surface area contributed by atoms with Crippen LogP contribution in [-0.2, 0) is 4.43 Å². The number of methoxy groups -OCH3 is 1. The second-order valence-electron chi connectivity index (χ2n) is 4.66. The number of alkyl halides is 1. The second kappa shape index (κ2) is 6.30. The van der Waals surface area contributed by atoms with Crippen molar-refractivity contribution in [2.45, 2.75) is 4.43 Å². The Morgan fingerprint density at radius 1 is 1.05 bits per heavy atom. The third-order valence-corrected chi connectivity index (χ3v) is 4.23. The molecule has 0 saturated carbocycles. The summed E-state index contributed by atoms with van der Waals surface area (Å²) in [7, 11) is 1.68. The van der Waals surface area contributed by atoms with Crippen molar-refractivity contribution < 1.29 is 4.74 Å². The first-order valence-electron chi connectivity index (χ1n) is 6.66. The highest BCUT2D eigenvalue weighted by molar-refractivity contribution is 14.1. The van der Waals surface area contributed by atoms with Gasteiger partial charge in [0.25, 0.3) is 0 Å². The standard InChI is InChI=1S/C17H15IN2O/c1-21-17-9-5-4-8-14(17)16-10-15(19-20-16)13-7-3-2-6-12(13)11-18/h2-10H,11H2,1H3,(H,19,20). The lowest BCUT2D eigenvalue weighted by Crippen LogP contribution is -1.87. The number of aromatic nitrogens is 2. The van der Waals surface area contributed by atoms with Crippen molar-refractivity contribution in [2.75, 3.05) is 7.11 Å². The highest BCUT2D eigenvalue weighted by Crippen LogP contribution is 2.31. The van der Waals surface area contributed by atoms with E-state index in [9.17, 15) is 0 Å². The zero-order chi connectivity index (χ0) is 14.7. The van der Waals surface area contributed by atoms with Crippen molar-refractivity contribution in [3.8, 4) is 28.3 Å². The van der Waals surface area contributed by atoms with Crippen molar-refractivity contribution in [1.82, 2.24) is 10.2 Å². The number of nitrogens with zero attached hydrogens (tertiary/aromatic N) is 1. The lowest BCUT2D eigenvalue weighted by Gasteiger charge is -2.05. The van der Waals surface area contributed by atoms with Crippen molar-refractivity contribution in [3.63, 3.8) is 0 Å². The first-order chi connectivity index (χ1) is 10.3. The van der Waals surface area contributed by atoms with E-state index in [0.717, 1.165) is 27.1 Å². The Balaban J connectivity index is 2.04. The van der Waals surface area contributed by atoms with E-state index in [2.05, 4.69) is 63.1 Å². The molecule has 0 spiro atoms. The van der Waals surface area contributed by atoms with E-state index in [1.165, 1.54) is 11.1 Å². The molecule has 1 aromatic heterocycles. The van der Waals surface area contributed by atoms with E-state index in [1.54, 1.807) is 7.11 Å². The van der Waals surface area contributed by atoms with Crippen LogP contribution < -0.4 is 4.74 Å². The highest BCUT2D eigenvalue weighted by atomic mass is 127. The van der Waals surface area contributed by atoms with Crippen molar-refractivity contribution in [3.05, 3.63) is 60.2 Å². The number of benzene rings is 2. The summed E-state index contributed by atoms with van der Waals surface area (Å²) in [6, 6.07) is 18.4. The fraction of sp³-hybridized carbons (Fsp3) is 0.118. The predicted octanol–water partition coefficient (Wildman–Crippen LogP) is 4.69. The van der Waals surface area contributed by atoms with E-state index >= 15 is 0 Å². The number of rotatable bonds is 4. The van der Waals surface area contributed by atoms with Gasteiger partial charge in [0.15, 0.2) is 0 Å². The average molecular weight is 390 g/mol. The lowest BCUT2D eigenvalue weighted by atomic mass is 10.0. The van der Waals surface area contributed by atoms with Crippen LogP contribution in [0.25, 0.3) is 22.5 Å². The summed E-state index contributed by atoms with van der Waals surface area (Å²) >= 11 is 2.38. The van der Waals surface area contributed by atoms with Gasteiger partial charge in [0, 0.05) is 15.6 Å². The molecule has 0 radical (unpaired) electrons. The van der Waals surface area contributed by atoms with Gasteiger partial charge in [-0.25, -0.2) is 0 Å².